The van der Waals surface area contributed by atoms with Gasteiger partial charge < -0.3 is 24.8 Å². The smallest absolute Gasteiger partial charge is 0.254 e. The number of primary amides is 1. The minimum absolute atomic E-state index is 0.0236. The summed E-state index contributed by atoms with van der Waals surface area (Å²) >= 11 is 0. The third-order valence-corrected chi connectivity index (χ3v) is 3.62. The molecule has 0 fully saturated rings. The first-order chi connectivity index (χ1) is 11.3. The number of carbonyl (C=O) groups is 2. The van der Waals surface area contributed by atoms with Crippen LogP contribution >= 0.6 is 0 Å². The van der Waals surface area contributed by atoms with Crippen LogP contribution in [0.1, 0.15) is 37.0 Å². The van der Waals surface area contributed by atoms with Crippen LogP contribution in [0, 0.1) is 0 Å². The van der Waals surface area contributed by atoms with Gasteiger partial charge in [0.2, 0.25) is 11.7 Å². The molecule has 0 saturated heterocycles. The molecule has 7 heteroatoms. The van der Waals surface area contributed by atoms with Crippen molar-refractivity contribution in [1.82, 2.24) is 4.90 Å². The van der Waals surface area contributed by atoms with Gasteiger partial charge in [-0.2, -0.15) is 0 Å². The highest BCUT2D eigenvalue weighted by Gasteiger charge is 2.22. The second kappa shape index (κ2) is 9.00. The summed E-state index contributed by atoms with van der Waals surface area (Å²) in [4.78, 5) is 25.4. The summed E-state index contributed by atoms with van der Waals surface area (Å²) in [6.07, 6.45) is 0.759. The molecule has 0 unspecified atom stereocenters. The monoisotopic (exact) mass is 338 g/mol. The molecule has 1 aromatic rings. The molecule has 0 aliphatic heterocycles. The van der Waals surface area contributed by atoms with Crippen molar-refractivity contribution in [3.63, 3.8) is 0 Å². The molecule has 134 valence electrons. The largest absolute Gasteiger partial charge is 0.493 e. The van der Waals surface area contributed by atoms with Gasteiger partial charge in [-0.3, -0.25) is 9.59 Å². The lowest BCUT2D eigenvalue weighted by molar-refractivity contribution is -0.118. The van der Waals surface area contributed by atoms with Gasteiger partial charge in [0.15, 0.2) is 11.5 Å². The number of ether oxygens (including phenoxy) is 3. The molecule has 1 rings (SSSR count). The average Bonchev–Trinajstić information content (AvgIpc) is 2.56. The average molecular weight is 338 g/mol. The number of amides is 2. The van der Waals surface area contributed by atoms with E-state index in [1.54, 1.807) is 17.0 Å². The molecule has 24 heavy (non-hydrogen) atoms. The van der Waals surface area contributed by atoms with E-state index in [0.717, 1.165) is 0 Å². The molecule has 0 aliphatic carbocycles. The van der Waals surface area contributed by atoms with Crippen molar-refractivity contribution in [2.75, 3.05) is 27.9 Å². The lowest BCUT2D eigenvalue weighted by Crippen LogP contribution is -2.38. The Kier molecular flexibility index (Phi) is 7.35. The van der Waals surface area contributed by atoms with Crippen molar-refractivity contribution >= 4 is 11.8 Å². The lowest BCUT2D eigenvalue weighted by atomic mass is 10.1. The van der Waals surface area contributed by atoms with E-state index in [4.69, 9.17) is 19.9 Å². The minimum Gasteiger partial charge on any atom is -0.493 e. The minimum atomic E-state index is -0.376. The van der Waals surface area contributed by atoms with Crippen LogP contribution in [-0.2, 0) is 4.79 Å². The molecular formula is C17H26N2O5. The summed E-state index contributed by atoms with van der Waals surface area (Å²) in [7, 11) is 4.50. The van der Waals surface area contributed by atoms with Gasteiger partial charge in [0.25, 0.3) is 5.91 Å². The Morgan fingerprint density at radius 2 is 1.62 bits per heavy atom. The van der Waals surface area contributed by atoms with Crippen LogP contribution in [-0.4, -0.2) is 50.6 Å². The van der Waals surface area contributed by atoms with Crippen LogP contribution < -0.4 is 19.9 Å². The third-order valence-electron chi connectivity index (χ3n) is 3.62. The second-order valence-corrected chi connectivity index (χ2v) is 5.58. The highest BCUT2D eigenvalue weighted by atomic mass is 16.5. The molecule has 2 amide bonds. The fraction of sp³-hybridized carbons (Fsp3) is 0.529. The number of hydrogen-bond acceptors (Lipinski definition) is 5. The number of hydrogen-bond donors (Lipinski definition) is 1. The quantitative estimate of drug-likeness (QED) is 0.742. The molecule has 7 nitrogen and oxygen atoms in total. The topological polar surface area (TPSA) is 91.1 Å². The Morgan fingerprint density at radius 1 is 1.08 bits per heavy atom. The van der Waals surface area contributed by atoms with E-state index in [1.165, 1.54) is 21.3 Å². The van der Waals surface area contributed by atoms with E-state index in [0.29, 0.717) is 35.8 Å². The molecule has 1 aromatic carbocycles. The Morgan fingerprint density at radius 3 is 2.00 bits per heavy atom. The Balaban J connectivity index is 3.11. The first-order valence-corrected chi connectivity index (χ1v) is 7.75. The zero-order chi connectivity index (χ0) is 18.3. The Labute approximate surface area is 142 Å². The molecule has 0 saturated carbocycles. The summed E-state index contributed by atoms with van der Waals surface area (Å²) < 4.78 is 15.8. The summed E-state index contributed by atoms with van der Waals surface area (Å²) in [5, 5.41) is 0. The SMILES string of the molecule is COc1cc(C(=O)N(CCCC(N)=O)C(C)C)cc(OC)c1OC. The number of methoxy groups -OCH3 is 3. The molecule has 0 aliphatic rings. The molecule has 0 atom stereocenters. The van der Waals surface area contributed by atoms with E-state index in [2.05, 4.69) is 0 Å². The zero-order valence-electron chi connectivity index (χ0n) is 14.9. The molecule has 0 heterocycles. The Bertz CT molecular complexity index is 561. The molecule has 0 bridgehead atoms. The number of carbonyl (C=O) groups excluding carboxylic acids is 2. The molecule has 0 spiro atoms. The van der Waals surface area contributed by atoms with Gasteiger partial charge >= 0.3 is 0 Å². The van der Waals surface area contributed by atoms with Gasteiger partial charge in [-0.25, -0.2) is 0 Å². The molecular weight excluding hydrogens is 312 g/mol. The van der Waals surface area contributed by atoms with Gasteiger partial charge in [0, 0.05) is 24.6 Å². The predicted octanol–water partition coefficient (Wildman–Crippen LogP) is 1.83. The first-order valence-electron chi connectivity index (χ1n) is 7.75. The van der Waals surface area contributed by atoms with Crippen LogP contribution in [0.3, 0.4) is 0 Å². The number of benzene rings is 1. The maximum absolute atomic E-state index is 12.9. The lowest BCUT2D eigenvalue weighted by Gasteiger charge is -2.27. The second-order valence-electron chi connectivity index (χ2n) is 5.58. The number of nitrogens with zero attached hydrogens (tertiary/aromatic N) is 1. The van der Waals surface area contributed by atoms with Crippen molar-refractivity contribution in [1.29, 1.82) is 0 Å². The fourth-order valence-corrected chi connectivity index (χ4v) is 2.39. The fourth-order valence-electron chi connectivity index (χ4n) is 2.39. The van der Waals surface area contributed by atoms with Crippen LogP contribution in [0.15, 0.2) is 12.1 Å². The normalized spacial score (nSPS) is 10.4. The predicted molar refractivity (Wildman–Crippen MR) is 90.7 cm³/mol. The van der Waals surface area contributed by atoms with Crippen LogP contribution in [0.5, 0.6) is 17.2 Å². The van der Waals surface area contributed by atoms with E-state index in [1.807, 2.05) is 13.8 Å². The van der Waals surface area contributed by atoms with Crippen LogP contribution in [0.25, 0.3) is 0 Å². The number of nitrogens with two attached hydrogens (primary N) is 1. The van der Waals surface area contributed by atoms with Gasteiger partial charge in [-0.05, 0) is 32.4 Å². The van der Waals surface area contributed by atoms with Crippen molar-refractivity contribution in [3.8, 4) is 17.2 Å². The summed E-state index contributed by atoms with van der Waals surface area (Å²) in [5.41, 5.74) is 5.59. The van der Waals surface area contributed by atoms with E-state index in [9.17, 15) is 9.59 Å². The van der Waals surface area contributed by atoms with Crippen molar-refractivity contribution < 1.29 is 23.8 Å². The maximum atomic E-state index is 12.9. The maximum Gasteiger partial charge on any atom is 0.254 e. The van der Waals surface area contributed by atoms with E-state index < -0.39 is 0 Å². The summed E-state index contributed by atoms with van der Waals surface area (Å²) in [6, 6.07) is 3.21. The van der Waals surface area contributed by atoms with Crippen molar-refractivity contribution in [3.05, 3.63) is 17.7 Å². The molecule has 2 N–H and O–H groups in total. The van der Waals surface area contributed by atoms with Crippen molar-refractivity contribution in [2.24, 2.45) is 5.73 Å². The first kappa shape index (κ1) is 19.6. The van der Waals surface area contributed by atoms with Gasteiger partial charge in [-0.1, -0.05) is 0 Å². The zero-order valence-corrected chi connectivity index (χ0v) is 14.9. The number of rotatable bonds is 9. The highest BCUT2D eigenvalue weighted by Crippen LogP contribution is 2.38. The van der Waals surface area contributed by atoms with Gasteiger partial charge in [0.05, 0.1) is 21.3 Å². The van der Waals surface area contributed by atoms with Gasteiger partial charge in [-0.15, -0.1) is 0 Å². The Hall–Kier alpha value is -2.44. The summed E-state index contributed by atoms with van der Waals surface area (Å²) in [6.45, 7) is 4.27. The third kappa shape index (κ3) is 4.78. The molecule has 0 radical (unpaired) electrons. The standard InChI is InChI=1S/C17H26N2O5/c1-11(2)19(8-6-7-15(18)20)17(21)12-9-13(22-3)16(24-5)14(10-12)23-4/h9-11H,6-8H2,1-5H3,(H2,18,20). The summed E-state index contributed by atoms with van der Waals surface area (Å²) in [5.74, 6) is 0.719. The van der Waals surface area contributed by atoms with Crippen LogP contribution in [0.4, 0.5) is 0 Å². The highest BCUT2D eigenvalue weighted by molar-refractivity contribution is 5.96. The van der Waals surface area contributed by atoms with Gasteiger partial charge in [0.1, 0.15) is 0 Å². The molecule has 0 aromatic heterocycles. The van der Waals surface area contributed by atoms with Crippen LogP contribution in [0.2, 0.25) is 0 Å². The van der Waals surface area contributed by atoms with E-state index >= 15 is 0 Å². The van der Waals surface area contributed by atoms with E-state index in [-0.39, 0.29) is 24.3 Å². The van der Waals surface area contributed by atoms with Crippen molar-refractivity contribution in [2.45, 2.75) is 32.7 Å².